The van der Waals surface area contributed by atoms with E-state index in [-0.39, 0.29) is 5.69 Å². The summed E-state index contributed by atoms with van der Waals surface area (Å²) in [5.74, 6) is -1.93. The second-order valence-corrected chi connectivity index (χ2v) is 5.27. The minimum Gasteiger partial charge on any atom is -0.330 e. The zero-order valence-electron chi connectivity index (χ0n) is 13.1. The van der Waals surface area contributed by atoms with Gasteiger partial charge in [-0.2, -0.15) is 13.2 Å². The molecule has 24 heavy (non-hydrogen) atoms. The maximum atomic E-state index is 12.5. The molecule has 6 nitrogen and oxygen atoms in total. The van der Waals surface area contributed by atoms with Gasteiger partial charge in [-0.25, -0.2) is 0 Å². The lowest BCUT2D eigenvalue weighted by Crippen LogP contribution is -2.38. The zero-order chi connectivity index (χ0) is 17.7. The second kappa shape index (κ2) is 7.43. The number of alkyl halides is 3. The lowest BCUT2D eigenvalue weighted by atomic mass is 10.1. The van der Waals surface area contributed by atoms with Gasteiger partial charge in [0.2, 0.25) is 0 Å². The van der Waals surface area contributed by atoms with Crippen molar-refractivity contribution in [3.63, 3.8) is 0 Å². The van der Waals surface area contributed by atoms with Gasteiger partial charge in [-0.05, 0) is 31.5 Å². The summed E-state index contributed by atoms with van der Waals surface area (Å²) in [5, 5.41) is 7.99. The van der Waals surface area contributed by atoms with Crippen LogP contribution in [0.1, 0.15) is 12.8 Å². The Morgan fingerprint density at radius 1 is 1.33 bits per heavy atom. The summed E-state index contributed by atoms with van der Waals surface area (Å²) >= 11 is 0. The van der Waals surface area contributed by atoms with Gasteiger partial charge in [0.15, 0.2) is 0 Å². The zero-order valence-corrected chi connectivity index (χ0v) is 13.1. The van der Waals surface area contributed by atoms with E-state index in [0.29, 0.717) is 29.2 Å². The Labute approximate surface area is 137 Å². The molecule has 2 aromatic rings. The fourth-order valence-corrected chi connectivity index (χ4v) is 2.14. The molecule has 2 N–H and O–H groups in total. The molecule has 0 aliphatic heterocycles. The molecule has 1 aromatic heterocycles. The third-order valence-electron chi connectivity index (χ3n) is 3.46. The highest BCUT2D eigenvalue weighted by atomic mass is 19.4. The molecule has 9 heteroatoms. The van der Waals surface area contributed by atoms with E-state index < -0.39 is 12.1 Å². The standard InChI is InChI=1S/C15H18F3N5O/c1-22(14(24)15(16,17)18)12-6-4-5-11(9-12)13-10-23(21-20-13)8-3-2-7-19/h4-6,9-10H,2-3,7-8,19H2,1H3. The molecule has 1 heterocycles. The van der Waals surface area contributed by atoms with Crippen LogP contribution in [0, 0.1) is 0 Å². The summed E-state index contributed by atoms with van der Waals surface area (Å²) < 4.78 is 39.3. The Bertz CT molecular complexity index is 698. The first-order valence-electron chi connectivity index (χ1n) is 7.38. The minimum absolute atomic E-state index is 0.132. The Morgan fingerprint density at radius 2 is 2.08 bits per heavy atom. The van der Waals surface area contributed by atoms with Crippen LogP contribution in [0.3, 0.4) is 0 Å². The van der Waals surface area contributed by atoms with Crippen LogP contribution >= 0.6 is 0 Å². The number of carbonyl (C=O) groups excluding carboxylic acids is 1. The summed E-state index contributed by atoms with van der Waals surface area (Å²) in [5.41, 5.74) is 6.67. The highest BCUT2D eigenvalue weighted by Gasteiger charge is 2.41. The van der Waals surface area contributed by atoms with Crippen LogP contribution in [-0.4, -0.2) is 40.7 Å². The molecule has 1 aromatic carbocycles. The van der Waals surface area contributed by atoms with Gasteiger partial charge >= 0.3 is 12.1 Å². The number of amides is 1. The molecule has 0 atom stereocenters. The summed E-state index contributed by atoms with van der Waals surface area (Å²) in [7, 11) is 1.08. The number of hydrogen-bond donors (Lipinski definition) is 1. The van der Waals surface area contributed by atoms with Gasteiger partial charge in [-0.1, -0.05) is 17.3 Å². The van der Waals surface area contributed by atoms with E-state index in [0.717, 1.165) is 19.9 Å². The molecule has 2 rings (SSSR count). The molecule has 0 unspecified atom stereocenters. The molecule has 0 bridgehead atoms. The Morgan fingerprint density at radius 3 is 2.75 bits per heavy atom. The van der Waals surface area contributed by atoms with E-state index in [4.69, 9.17) is 5.73 Å². The van der Waals surface area contributed by atoms with Crippen molar-refractivity contribution >= 4 is 11.6 Å². The van der Waals surface area contributed by atoms with Crippen LogP contribution in [0.25, 0.3) is 11.3 Å². The van der Waals surface area contributed by atoms with Gasteiger partial charge < -0.3 is 10.6 Å². The van der Waals surface area contributed by atoms with Gasteiger partial charge in [-0.3, -0.25) is 9.48 Å². The van der Waals surface area contributed by atoms with Crippen molar-refractivity contribution in [3.8, 4) is 11.3 Å². The molecule has 0 saturated heterocycles. The van der Waals surface area contributed by atoms with Crippen LogP contribution in [0.15, 0.2) is 30.5 Å². The smallest absolute Gasteiger partial charge is 0.330 e. The van der Waals surface area contributed by atoms with Crippen molar-refractivity contribution < 1.29 is 18.0 Å². The first-order valence-corrected chi connectivity index (χ1v) is 7.38. The maximum absolute atomic E-state index is 12.5. The Kier molecular flexibility index (Phi) is 5.55. The van der Waals surface area contributed by atoms with Crippen LogP contribution in [0.2, 0.25) is 0 Å². The topological polar surface area (TPSA) is 77.0 Å². The van der Waals surface area contributed by atoms with E-state index in [9.17, 15) is 18.0 Å². The molecule has 0 aliphatic carbocycles. The Balaban J connectivity index is 2.17. The van der Waals surface area contributed by atoms with E-state index in [1.54, 1.807) is 23.0 Å². The molecule has 0 radical (unpaired) electrons. The molecule has 0 spiro atoms. The number of anilines is 1. The molecular weight excluding hydrogens is 323 g/mol. The number of nitrogens with two attached hydrogens (primary N) is 1. The van der Waals surface area contributed by atoms with E-state index in [2.05, 4.69) is 10.3 Å². The third-order valence-corrected chi connectivity index (χ3v) is 3.46. The van der Waals surface area contributed by atoms with E-state index in [1.807, 2.05) is 0 Å². The molecular formula is C15H18F3N5O. The van der Waals surface area contributed by atoms with Crippen LogP contribution in [-0.2, 0) is 11.3 Å². The van der Waals surface area contributed by atoms with Crippen molar-refractivity contribution in [1.29, 1.82) is 0 Å². The molecule has 130 valence electrons. The first-order chi connectivity index (χ1) is 11.3. The number of carbonyl (C=O) groups is 1. The fraction of sp³-hybridized carbons (Fsp3) is 0.400. The number of hydrogen-bond acceptors (Lipinski definition) is 4. The molecule has 0 fully saturated rings. The first kappa shape index (κ1) is 17.9. The van der Waals surface area contributed by atoms with Crippen molar-refractivity contribution in [2.45, 2.75) is 25.6 Å². The largest absolute Gasteiger partial charge is 0.471 e. The highest BCUT2D eigenvalue weighted by molar-refractivity contribution is 5.97. The van der Waals surface area contributed by atoms with Gasteiger partial charge in [0.05, 0.1) is 6.20 Å². The van der Waals surface area contributed by atoms with Crippen molar-refractivity contribution in [2.75, 3.05) is 18.5 Å². The number of aryl methyl sites for hydroxylation is 1. The maximum Gasteiger partial charge on any atom is 0.471 e. The Hall–Kier alpha value is -2.42. The lowest BCUT2D eigenvalue weighted by Gasteiger charge is -2.19. The van der Waals surface area contributed by atoms with Crippen molar-refractivity contribution in [1.82, 2.24) is 15.0 Å². The lowest BCUT2D eigenvalue weighted by molar-refractivity contribution is -0.170. The van der Waals surface area contributed by atoms with Crippen LogP contribution < -0.4 is 10.6 Å². The predicted molar refractivity (Wildman–Crippen MR) is 83.2 cm³/mol. The summed E-state index contributed by atoms with van der Waals surface area (Å²) in [4.78, 5) is 11.9. The predicted octanol–water partition coefficient (Wildman–Crippen LogP) is 2.21. The summed E-state index contributed by atoms with van der Waals surface area (Å²) in [6.45, 7) is 1.26. The SMILES string of the molecule is CN(C(=O)C(F)(F)F)c1cccc(-c2cn(CCCCN)nn2)c1. The van der Waals surface area contributed by atoms with Crippen LogP contribution in [0.4, 0.5) is 18.9 Å². The molecule has 0 aliphatic rings. The van der Waals surface area contributed by atoms with E-state index in [1.165, 1.54) is 12.1 Å². The number of halogens is 3. The summed E-state index contributed by atoms with van der Waals surface area (Å²) in [6.07, 6.45) is -1.48. The number of rotatable bonds is 6. The molecule has 1 amide bonds. The number of aromatic nitrogens is 3. The monoisotopic (exact) mass is 341 g/mol. The fourth-order valence-electron chi connectivity index (χ4n) is 2.14. The normalized spacial score (nSPS) is 11.5. The average molecular weight is 341 g/mol. The van der Waals surface area contributed by atoms with E-state index >= 15 is 0 Å². The van der Waals surface area contributed by atoms with Gasteiger partial charge in [0.1, 0.15) is 5.69 Å². The molecule has 0 saturated carbocycles. The summed E-state index contributed by atoms with van der Waals surface area (Å²) in [6, 6.07) is 6.17. The minimum atomic E-state index is -4.92. The quantitative estimate of drug-likeness (QED) is 0.817. The van der Waals surface area contributed by atoms with Gasteiger partial charge in [0, 0.05) is 24.8 Å². The van der Waals surface area contributed by atoms with Crippen molar-refractivity contribution in [3.05, 3.63) is 30.5 Å². The highest BCUT2D eigenvalue weighted by Crippen LogP contribution is 2.26. The number of nitrogens with zero attached hydrogens (tertiary/aromatic N) is 4. The van der Waals surface area contributed by atoms with Crippen LogP contribution in [0.5, 0.6) is 0 Å². The average Bonchev–Trinajstić information content (AvgIpc) is 3.02. The van der Waals surface area contributed by atoms with Gasteiger partial charge in [-0.15, -0.1) is 5.10 Å². The van der Waals surface area contributed by atoms with Gasteiger partial charge in [0.25, 0.3) is 0 Å². The third kappa shape index (κ3) is 4.31. The van der Waals surface area contributed by atoms with Crippen molar-refractivity contribution in [2.24, 2.45) is 5.73 Å². The number of unbranched alkanes of at least 4 members (excludes halogenated alkanes) is 1. The second-order valence-electron chi connectivity index (χ2n) is 5.27. The number of benzene rings is 1.